The first-order chi connectivity index (χ1) is 7.59. The highest BCUT2D eigenvalue weighted by atomic mass is 35.5. The van der Waals surface area contributed by atoms with Gasteiger partial charge in [-0.3, -0.25) is 0 Å². The lowest BCUT2D eigenvalue weighted by Gasteiger charge is -2.09. The summed E-state index contributed by atoms with van der Waals surface area (Å²) in [6, 6.07) is 6.99. The van der Waals surface area contributed by atoms with Gasteiger partial charge in [-0.2, -0.15) is 0 Å². The number of nitrogens with one attached hydrogen (secondary N) is 2. The summed E-state index contributed by atoms with van der Waals surface area (Å²) >= 11 is 5.92. The molecular formula is C11H15ClN2O2. The van der Waals surface area contributed by atoms with Crippen LogP contribution in [0.3, 0.4) is 0 Å². The Kier molecular flexibility index (Phi) is 5.08. The highest BCUT2D eigenvalue weighted by molar-refractivity contribution is 6.31. The van der Waals surface area contributed by atoms with Crippen LogP contribution in [-0.2, 0) is 6.54 Å². The Hall–Kier alpha value is -1.26. The Balaban J connectivity index is 2.35. The predicted octanol–water partition coefficient (Wildman–Crippen LogP) is 1.52. The molecule has 5 heteroatoms. The van der Waals surface area contributed by atoms with Crippen molar-refractivity contribution in [3.63, 3.8) is 0 Å². The van der Waals surface area contributed by atoms with E-state index in [1.165, 1.54) is 0 Å². The molecule has 1 aromatic rings. The van der Waals surface area contributed by atoms with Crippen LogP contribution >= 0.6 is 11.6 Å². The molecule has 0 heterocycles. The molecule has 0 aliphatic rings. The fourth-order valence-corrected chi connectivity index (χ4v) is 1.32. The fraction of sp³-hybridized carbons (Fsp3) is 0.364. The second kappa shape index (κ2) is 6.35. The van der Waals surface area contributed by atoms with Crippen LogP contribution in [0.5, 0.6) is 0 Å². The molecule has 0 saturated heterocycles. The maximum atomic E-state index is 11.3. The minimum atomic E-state index is -0.550. The molecule has 0 aromatic heterocycles. The van der Waals surface area contributed by atoms with E-state index >= 15 is 0 Å². The lowest BCUT2D eigenvalue weighted by molar-refractivity contribution is 0.187. The van der Waals surface area contributed by atoms with Gasteiger partial charge in [0.2, 0.25) is 0 Å². The van der Waals surface area contributed by atoms with Crippen molar-refractivity contribution in [3.8, 4) is 0 Å². The molecule has 1 rings (SSSR count). The summed E-state index contributed by atoms with van der Waals surface area (Å²) in [5.41, 5.74) is 0.858. The van der Waals surface area contributed by atoms with Crippen LogP contribution in [0.1, 0.15) is 12.5 Å². The van der Waals surface area contributed by atoms with Gasteiger partial charge in [0.15, 0.2) is 0 Å². The van der Waals surface area contributed by atoms with Gasteiger partial charge < -0.3 is 15.7 Å². The summed E-state index contributed by atoms with van der Waals surface area (Å²) in [5.74, 6) is 0. The van der Waals surface area contributed by atoms with Gasteiger partial charge in [-0.25, -0.2) is 4.79 Å². The number of halogens is 1. The number of aliphatic hydroxyl groups is 1. The smallest absolute Gasteiger partial charge is 0.315 e. The largest absolute Gasteiger partial charge is 0.392 e. The molecule has 0 aliphatic carbocycles. The van der Waals surface area contributed by atoms with Crippen molar-refractivity contribution in [2.45, 2.75) is 19.6 Å². The topological polar surface area (TPSA) is 61.4 Å². The van der Waals surface area contributed by atoms with Gasteiger partial charge in [-0.1, -0.05) is 29.8 Å². The molecule has 0 aliphatic heterocycles. The molecule has 0 fully saturated rings. The van der Waals surface area contributed by atoms with Gasteiger partial charge in [-0.15, -0.1) is 0 Å². The van der Waals surface area contributed by atoms with Gasteiger partial charge in [0.1, 0.15) is 0 Å². The number of hydrogen-bond acceptors (Lipinski definition) is 2. The van der Waals surface area contributed by atoms with Crippen LogP contribution in [0.15, 0.2) is 24.3 Å². The van der Waals surface area contributed by atoms with Crippen LogP contribution in [-0.4, -0.2) is 23.8 Å². The molecule has 4 nitrogen and oxygen atoms in total. The van der Waals surface area contributed by atoms with Crippen molar-refractivity contribution < 1.29 is 9.90 Å². The van der Waals surface area contributed by atoms with Crippen LogP contribution in [0.25, 0.3) is 0 Å². The Bertz CT molecular complexity index is 356. The van der Waals surface area contributed by atoms with E-state index < -0.39 is 6.10 Å². The number of amides is 2. The van der Waals surface area contributed by atoms with Crippen molar-refractivity contribution in [2.75, 3.05) is 6.54 Å². The lowest BCUT2D eigenvalue weighted by Crippen LogP contribution is -2.38. The standard InChI is InChI=1S/C11H15ClN2O2/c1-8(15)6-13-11(16)14-7-9-4-2-3-5-10(9)12/h2-5,8,15H,6-7H2,1H3,(H2,13,14,16). The summed E-state index contributed by atoms with van der Waals surface area (Å²) in [6.45, 7) is 2.20. The van der Waals surface area contributed by atoms with Crippen LogP contribution in [0.4, 0.5) is 4.79 Å². The van der Waals surface area contributed by atoms with Gasteiger partial charge in [0.05, 0.1) is 6.10 Å². The minimum absolute atomic E-state index is 0.231. The first-order valence-corrected chi connectivity index (χ1v) is 5.40. The van der Waals surface area contributed by atoms with Crippen molar-refractivity contribution in [1.82, 2.24) is 10.6 Å². The maximum absolute atomic E-state index is 11.3. The minimum Gasteiger partial charge on any atom is -0.392 e. The summed E-state index contributed by atoms with van der Waals surface area (Å²) in [4.78, 5) is 11.3. The second-order valence-corrected chi connectivity index (χ2v) is 3.91. The zero-order valence-electron chi connectivity index (χ0n) is 9.03. The summed E-state index contributed by atoms with van der Waals surface area (Å²) in [7, 11) is 0. The number of carbonyl (C=O) groups excluding carboxylic acids is 1. The molecule has 0 radical (unpaired) electrons. The molecule has 16 heavy (non-hydrogen) atoms. The van der Waals surface area contributed by atoms with E-state index in [9.17, 15) is 4.79 Å². The van der Waals surface area contributed by atoms with E-state index in [0.717, 1.165) is 5.56 Å². The van der Waals surface area contributed by atoms with Crippen LogP contribution in [0.2, 0.25) is 5.02 Å². The summed E-state index contributed by atoms with van der Waals surface area (Å²) in [6.07, 6.45) is -0.550. The molecule has 0 spiro atoms. The Morgan fingerprint density at radius 1 is 1.44 bits per heavy atom. The van der Waals surface area contributed by atoms with E-state index in [-0.39, 0.29) is 12.6 Å². The van der Waals surface area contributed by atoms with Crippen LogP contribution < -0.4 is 10.6 Å². The van der Waals surface area contributed by atoms with Crippen molar-refractivity contribution in [2.24, 2.45) is 0 Å². The number of urea groups is 1. The van der Waals surface area contributed by atoms with E-state index in [2.05, 4.69) is 10.6 Å². The number of carbonyl (C=O) groups is 1. The number of rotatable bonds is 4. The molecule has 1 unspecified atom stereocenters. The third kappa shape index (κ3) is 4.51. The van der Waals surface area contributed by atoms with E-state index in [4.69, 9.17) is 16.7 Å². The van der Waals surface area contributed by atoms with E-state index in [1.807, 2.05) is 18.2 Å². The van der Waals surface area contributed by atoms with Gasteiger partial charge in [0.25, 0.3) is 0 Å². The molecule has 1 atom stereocenters. The monoisotopic (exact) mass is 242 g/mol. The SMILES string of the molecule is CC(O)CNC(=O)NCc1ccccc1Cl. The normalized spacial score (nSPS) is 11.9. The third-order valence-electron chi connectivity index (χ3n) is 1.96. The Morgan fingerprint density at radius 2 is 2.12 bits per heavy atom. The summed E-state index contributed by atoms with van der Waals surface area (Å²) < 4.78 is 0. The molecule has 0 bridgehead atoms. The fourth-order valence-electron chi connectivity index (χ4n) is 1.12. The number of aliphatic hydroxyl groups excluding tert-OH is 1. The van der Waals surface area contributed by atoms with E-state index in [0.29, 0.717) is 11.6 Å². The van der Waals surface area contributed by atoms with Gasteiger partial charge in [-0.05, 0) is 18.6 Å². The first kappa shape index (κ1) is 12.8. The number of hydrogen-bond donors (Lipinski definition) is 3. The molecule has 2 amide bonds. The number of benzene rings is 1. The maximum Gasteiger partial charge on any atom is 0.315 e. The average Bonchev–Trinajstić information content (AvgIpc) is 2.25. The van der Waals surface area contributed by atoms with E-state index in [1.54, 1.807) is 13.0 Å². The first-order valence-electron chi connectivity index (χ1n) is 5.02. The lowest BCUT2D eigenvalue weighted by atomic mass is 10.2. The van der Waals surface area contributed by atoms with Gasteiger partial charge in [0, 0.05) is 18.1 Å². The quantitative estimate of drug-likeness (QED) is 0.750. The van der Waals surface area contributed by atoms with Gasteiger partial charge >= 0.3 is 6.03 Å². The van der Waals surface area contributed by atoms with Crippen molar-refractivity contribution in [1.29, 1.82) is 0 Å². The van der Waals surface area contributed by atoms with Crippen molar-refractivity contribution in [3.05, 3.63) is 34.9 Å². The highest BCUT2D eigenvalue weighted by Gasteiger charge is 2.03. The Labute approximate surface area is 99.6 Å². The Morgan fingerprint density at radius 3 is 2.75 bits per heavy atom. The predicted molar refractivity (Wildman–Crippen MR) is 63.4 cm³/mol. The third-order valence-corrected chi connectivity index (χ3v) is 2.32. The second-order valence-electron chi connectivity index (χ2n) is 3.50. The van der Waals surface area contributed by atoms with Crippen LogP contribution in [0, 0.1) is 0 Å². The molecule has 88 valence electrons. The van der Waals surface area contributed by atoms with Crippen molar-refractivity contribution >= 4 is 17.6 Å². The average molecular weight is 243 g/mol. The molecule has 3 N–H and O–H groups in total. The zero-order chi connectivity index (χ0) is 12.0. The zero-order valence-corrected chi connectivity index (χ0v) is 9.79. The highest BCUT2D eigenvalue weighted by Crippen LogP contribution is 2.13. The molecular weight excluding hydrogens is 228 g/mol. The summed E-state index contributed by atoms with van der Waals surface area (Å²) in [5, 5.41) is 14.8. The molecule has 1 aromatic carbocycles. The molecule has 0 saturated carbocycles.